The molecule has 0 saturated heterocycles. The van der Waals surface area contributed by atoms with Gasteiger partial charge in [-0.25, -0.2) is 9.79 Å². The average molecular weight is 508 g/mol. The van der Waals surface area contributed by atoms with E-state index in [1.54, 1.807) is 62.4 Å². The molecule has 32 heavy (non-hydrogen) atoms. The van der Waals surface area contributed by atoms with E-state index in [0.717, 1.165) is 5.56 Å². The van der Waals surface area contributed by atoms with Crippen molar-refractivity contribution in [1.29, 1.82) is 0 Å². The van der Waals surface area contributed by atoms with E-state index in [4.69, 9.17) is 39.5 Å². The molecule has 9 heteroatoms. The van der Waals surface area contributed by atoms with Crippen LogP contribution in [0.2, 0.25) is 15.1 Å². The summed E-state index contributed by atoms with van der Waals surface area (Å²) in [6.07, 6.45) is 1.70. The van der Waals surface area contributed by atoms with Crippen LogP contribution in [0.5, 0.6) is 0 Å². The van der Waals surface area contributed by atoms with Crippen molar-refractivity contribution < 1.29 is 9.53 Å². The van der Waals surface area contributed by atoms with E-state index in [0.29, 0.717) is 41.2 Å². The van der Waals surface area contributed by atoms with Gasteiger partial charge in [-0.15, -0.1) is 0 Å². The molecule has 0 spiro atoms. The number of ether oxygens (including phenoxy) is 1. The first kappa shape index (κ1) is 22.8. The fraction of sp³-hybridized carbons (Fsp3) is 0.174. The van der Waals surface area contributed by atoms with Crippen LogP contribution in [-0.2, 0) is 9.53 Å². The summed E-state index contributed by atoms with van der Waals surface area (Å²) in [7, 11) is 0. The van der Waals surface area contributed by atoms with Crippen LogP contribution in [0.15, 0.2) is 63.5 Å². The van der Waals surface area contributed by atoms with E-state index in [2.05, 4.69) is 4.99 Å². The molecule has 1 atom stereocenters. The molecule has 0 fully saturated rings. The third-order valence-corrected chi connectivity index (χ3v) is 6.75. The Labute approximate surface area is 202 Å². The van der Waals surface area contributed by atoms with Gasteiger partial charge in [-0.3, -0.25) is 9.36 Å². The molecular formula is C23H17Cl3N2O3S. The van der Waals surface area contributed by atoms with Crippen molar-refractivity contribution in [3.05, 3.63) is 99.6 Å². The number of aromatic nitrogens is 1. The van der Waals surface area contributed by atoms with Crippen molar-refractivity contribution in [2.75, 3.05) is 6.61 Å². The fourth-order valence-corrected chi connectivity index (χ4v) is 5.14. The summed E-state index contributed by atoms with van der Waals surface area (Å²) in [5.41, 5.74) is 1.92. The number of carbonyl (C=O) groups is 1. The molecule has 0 aliphatic carbocycles. The maximum atomic E-state index is 13.5. The maximum Gasteiger partial charge on any atom is 0.338 e. The highest BCUT2D eigenvalue weighted by Crippen LogP contribution is 2.31. The van der Waals surface area contributed by atoms with Crippen LogP contribution in [0, 0.1) is 0 Å². The molecule has 1 aromatic heterocycles. The van der Waals surface area contributed by atoms with Crippen LogP contribution >= 0.6 is 46.1 Å². The van der Waals surface area contributed by atoms with Crippen LogP contribution < -0.4 is 14.9 Å². The number of benzene rings is 2. The minimum atomic E-state index is -0.689. The van der Waals surface area contributed by atoms with Gasteiger partial charge in [-0.05, 0) is 55.3 Å². The normalized spacial score (nSPS) is 16.0. The molecule has 0 unspecified atom stereocenters. The van der Waals surface area contributed by atoms with Crippen molar-refractivity contribution in [2.24, 2.45) is 4.99 Å². The lowest BCUT2D eigenvalue weighted by Crippen LogP contribution is -2.39. The Bertz CT molecular complexity index is 1420. The third-order valence-electron chi connectivity index (χ3n) is 4.95. The molecule has 0 N–H and O–H groups in total. The van der Waals surface area contributed by atoms with E-state index in [1.165, 1.54) is 15.9 Å². The zero-order chi connectivity index (χ0) is 23.0. The van der Waals surface area contributed by atoms with Crippen molar-refractivity contribution in [1.82, 2.24) is 4.57 Å². The van der Waals surface area contributed by atoms with Crippen LogP contribution in [-0.4, -0.2) is 17.1 Å². The number of hydrogen-bond acceptors (Lipinski definition) is 5. The smallest absolute Gasteiger partial charge is 0.338 e. The maximum absolute atomic E-state index is 13.5. The summed E-state index contributed by atoms with van der Waals surface area (Å²) < 4.78 is 7.23. The number of fused-ring (bicyclic) bond motifs is 1. The molecule has 3 aromatic rings. The van der Waals surface area contributed by atoms with Gasteiger partial charge in [-0.2, -0.15) is 0 Å². The number of nitrogens with zero attached hydrogens (tertiary/aromatic N) is 2. The highest BCUT2D eigenvalue weighted by molar-refractivity contribution is 7.07. The van der Waals surface area contributed by atoms with E-state index in [9.17, 15) is 9.59 Å². The minimum absolute atomic E-state index is 0.211. The van der Waals surface area contributed by atoms with Crippen LogP contribution in [0.1, 0.15) is 31.0 Å². The first-order chi connectivity index (χ1) is 15.3. The zero-order valence-corrected chi connectivity index (χ0v) is 20.1. The monoisotopic (exact) mass is 506 g/mol. The Morgan fingerprint density at radius 3 is 2.50 bits per heavy atom. The Balaban J connectivity index is 1.96. The summed E-state index contributed by atoms with van der Waals surface area (Å²) in [4.78, 5) is 31.4. The molecule has 2 aromatic carbocycles. The number of rotatable bonds is 4. The molecule has 1 aliphatic rings. The van der Waals surface area contributed by atoms with E-state index < -0.39 is 12.0 Å². The second kappa shape index (κ2) is 9.24. The molecule has 1 aliphatic heterocycles. The quantitative estimate of drug-likeness (QED) is 0.479. The van der Waals surface area contributed by atoms with Gasteiger partial charge in [0.1, 0.15) is 0 Å². The lowest BCUT2D eigenvalue weighted by Gasteiger charge is -2.24. The largest absolute Gasteiger partial charge is 0.463 e. The second-order valence-corrected chi connectivity index (χ2v) is 9.31. The van der Waals surface area contributed by atoms with E-state index in [-0.39, 0.29) is 12.2 Å². The number of thiazole rings is 1. The standard InChI is InChI=1S/C23H17Cl3N2O3S/c1-3-31-22(30)19-12(2)27-23-28(20(19)13-4-7-15(24)8-5-13)21(29)18(32-23)10-14-6-9-16(25)11-17(14)26/h4-11,20H,3H2,1-2H3/b18-10-/t20-/m0/s1. The van der Waals surface area contributed by atoms with Gasteiger partial charge in [0.05, 0.1) is 28.5 Å². The number of halogens is 3. The summed E-state index contributed by atoms with van der Waals surface area (Å²) >= 11 is 19.6. The van der Waals surface area contributed by atoms with Crippen LogP contribution in [0.3, 0.4) is 0 Å². The number of hydrogen-bond donors (Lipinski definition) is 0. The van der Waals surface area contributed by atoms with Crippen molar-refractivity contribution in [2.45, 2.75) is 19.9 Å². The first-order valence-electron chi connectivity index (χ1n) is 9.70. The molecule has 5 nitrogen and oxygen atoms in total. The molecule has 4 rings (SSSR count). The molecular weight excluding hydrogens is 491 g/mol. The molecule has 0 saturated carbocycles. The molecule has 0 bridgehead atoms. The van der Waals surface area contributed by atoms with Crippen LogP contribution in [0.4, 0.5) is 0 Å². The first-order valence-corrected chi connectivity index (χ1v) is 11.7. The van der Waals surface area contributed by atoms with Gasteiger partial charge in [0.25, 0.3) is 5.56 Å². The number of esters is 1. The molecule has 2 heterocycles. The zero-order valence-electron chi connectivity index (χ0n) is 17.1. The Morgan fingerprint density at radius 1 is 1.16 bits per heavy atom. The topological polar surface area (TPSA) is 60.7 Å². The molecule has 164 valence electrons. The van der Waals surface area contributed by atoms with Gasteiger partial charge in [0.2, 0.25) is 0 Å². The van der Waals surface area contributed by atoms with Gasteiger partial charge < -0.3 is 4.74 Å². The SMILES string of the molecule is CCOC(=O)C1=C(C)N=c2s/c(=C\c3ccc(Cl)cc3Cl)c(=O)n2[C@H]1c1ccc(Cl)cc1. The Morgan fingerprint density at radius 2 is 1.84 bits per heavy atom. The highest BCUT2D eigenvalue weighted by atomic mass is 35.5. The van der Waals surface area contributed by atoms with Gasteiger partial charge in [0, 0.05) is 15.1 Å². The Kier molecular flexibility index (Phi) is 6.58. The molecule has 0 amide bonds. The summed E-state index contributed by atoms with van der Waals surface area (Å²) in [6.45, 7) is 3.68. The van der Waals surface area contributed by atoms with Gasteiger partial charge >= 0.3 is 5.97 Å². The summed E-state index contributed by atoms with van der Waals surface area (Å²) in [5.74, 6) is -0.510. The fourth-order valence-electron chi connectivity index (χ4n) is 3.51. The second-order valence-electron chi connectivity index (χ2n) is 7.02. The lowest BCUT2D eigenvalue weighted by molar-refractivity contribution is -0.139. The number of allylic oxidation sites excluding steroid dienone is 1. The third kappa shape index (κ3) is 4.28. The van der Waals surface area contributed by atoms with E-state index >= 15 is 0 Å². The van der Waals surface area contributed by atoms with Crippen LogP contribution in [0.25, 0.3) is 6.08 Å². The Hall–Kier alpha value is -2.38. The predicted molar refractivity (Wildman–Crippen MR) is 128 cm³/mol. The predicted octanol–water partition coefficient (Wildman–Crippen LogP) is 4.76. The lowest BCUT2D eigenvalue weighted by atomic mass is 9.96. The average Bonchev–Trinajstić information content (AvgIpc) is 3.04. The van der Waals surface area contributed by atoms with Crippen molar-refractivity contribution in [3.63, 3.8) is 0 Å². The van der Waals surface area contributed by atoms with Gasteiger partial charge in [-0.1, -0.05) is 64.3 Å². The minimum Gasteiger partial charge on any atom is -0.463 e. The highest BCUT2D eigenvalue weighted by Gasteiger charge is 2.33. The summed E-state index contributed by atoms with van der Waals surface area (Å²) in [6, 6.07) is 11.4. The van der Waals surface area contributed by atoms with E-state index in [1.807, 2.05) is 0 Å². The number of carbonyl (C=O) groups excluding carboxylic acids is 1. The van der Waals surface area contributed by atoms with Gasteiger partial charge in [0.15, 0.2) is 4.80 Å². The van der Waals surface area contributed by atoms with Crippen molar-refractivity contribution in [3.8, 4) is 0 Å². The summed E-state index contributed by atoms with van der Waals surface area (Å²) in [5, 5.41) is 1.49. The van der Waals surface area contributed by atoms with Crippen molar-refractivity contribution >= 4 is 58.2 Å². The molecule has 0 radical (unpaired) electrons.